The molecule has 0 saturated carbocycles. The van der Waals surface area contributed by atoms with Gasteiger partial charge in [-0.25, -0.2) is 0 Å². The molecule has 0 fully saturated rings. The van der Waals surface area contributed by atoms with Crippen molar-refractivity contribution in [3.63, 3.8) is 0 Å². The lowest BCUT2D eigenvalue weighted by atomic mass is 10.0. The van der Waals surface area contributed by atoms with Crippen LogP contribution in [0.3, 0.4) is 0 Å². The molecular weight excluding hydrogens is 468 g/mol. The van der Waals surface area contributed by atoms with Crippen molar-refractivity contribution in [1.82, 2.24) is 0 Å². The van der Waals surface area contributed by atoms with Crippen LogP contribution in [-0.4, -0.2) is 0 Å². The van der Waals surface area contributed by atoms with Crippen molar-refractivity contribution in [2.45, 2.75) is 59.3 Å². The van der Waals surface area contributed by atoms with E-state index < -0.39 is 0 Å². The average molecular weight is 505 g/mol. The Labute approximate surface area is 235 Å². The Kier molecular flexibility index (Phi) is 9.11. The van der Waals surface area contributed by atoms with E-state index in [1.165, 1.54) is 16.7 Å². The van der Waals surface area contributed by atoms with Gasteiger partial charge < -0.3 is 0 Å². The zero-order valence-corrected chi connectivity index (χ0v) is 23.9. The van der Waals surface area contributed by atoms with Crippen molar-refractivity contribution in [3.05, 3.63) is 141 Å². The molecular formula is C39H36. The zero-order chi connectivity index (χ0) is 27.8. The van der Waals surface area contributed by atoms with Gasteiger partial charge in [0, 0.05) is 33.4 Å². The predicted molar refractivity (Wildman–Crippen MR) is 166 cm³/mol. The second kappa shape index (κ2) is 12.9. The van der Waals surface area contributed by atoms with Gasteiger partial charge in [-0.05, 0) is 89.0 Å². The molecule has 0 radical (unpaired) electrons. The van der Waals surface area contributed by atoms with E-state index >= 15 is 0 Å². The highest BCUT2D eigenvalue weighted by Gasteiger charge is 2.01. The van der Waals surface area contributed by atoms with E-state index in [4.69, 9.17) is 0 Å². The van der Waals surface area contributed by atoms with Crippen molar-refractivity contribution in [3.8, 4) is 35.5 Å². The van der Waals surface area contributed by atoms with Crippen LogP contribution in [0.5, 0.6) is 0 Å². The van der Waals surface area contributed by atoms with Crippen LogP contribution in [0, 0.1) is 35.5 Å². The monoisotopic (exact) mass is 504 g/mol. The summed E-state index contributed by atoms with van der Waals surface area (Å²) in [6.45, 7) is 13.2. The molecule has 192 valence electrons. The summed E-state index contributed by atoms with van der Waals surface area (Å²) in [6.07, 6.45) is 0. The van der Waals surface area contributed by atoms with Crippen LogP contribution in [0.1, 0.15) is 109 Å². The molecule has 4 aromatic rings. The van der Waals surface area contributed by atoms with Gasteiger partial charge in [-0.2, -0.15) is 0 Å². The molecule has 4 aromatic carbocycles. The van der Waals surface area contributed by atoms with Gasteiger partial charge in [0.05, 0.1) is 0 Å². The number of hydrogen-bond acceptors (Lipinski definition) is 0. The van der Waals surface area contributed by atoms with Gasteiger partial charge in [0.1, 0.15) is 0 Å². The molecule has 4 rings (SSSR count). The molecule has 0 spiro atoms. The first-order valence-electron chi connectivity index (χ1n) is 13.8. The summed E-state index contributed by atoms with van der Waals surface area (Å²) in [7, 11) is 0. The normalized spacial score (nSPS) is 10.4. The molecule has 0 atom stereocenters. The summed E-state index contributed by atoms with van der Waals surface area (Å²) in [5.41, 5.74) is 9.67. The minimum atomic E-state index is 0.506. The van der Waals surface area contributed by atoms with E-state index in [0.717, 1.165) is 33.4 Å². The molecule has 0 amide bonds. The lowest BCUT2D eigenvalue weighted by Crippen LogP contribution is -1.88. The van der Waals surface area contributed by atoms with Crippen molar-refractivity contribution >= 4 is 0 Å². The fourth-order valence-electron chi connectivity index (χ4n) is 4.13. The van der Waals surface area contributed by atoms with Gasteiger partial charge in [0.15, 0.2) is 0 Å². The Morgan fingerprint density at radius 1 is 0.308 bits per heavy atom. The molecule has 0 unspecified atom stereocenters. The highest BCUT2D eigenvalue weighted by Crippen LogP contribution is 2.17. The van der Waals surface area contributed by atoms with E-state index in [1.807, 2.05) is 18.2 Å². The van der Waals surface area contributed by atoms with Crippen LogP contribution < -0.4 is 0 Å². The fourth-order valence-corrected chi connectivity index (χ4v) is 4.13. The van der Waals surface area contributed by atoms with E-state index in [0.29, 0.717) is 17.8 Å². The maximum absolute atomic E-state index is 3.34. The number of rotatable bonds is 3. The molecule has 0 N–H and O–H groups in total. The first-order valence-corrected chi connectivity index (χ1v) is 13.8. The maximum atomic E-state index is 3.34. The zero-order valence-electron chi connectivity index (χ0n) is 23.9. The smallest absolute Gasteiger partial charge is 0.0273 e. The third-order valence-corrected chi connectivity index (χ3v) is 6.72. The minimum Gasteiger partial charge on any atom is -0.0617 e. The maximum Gasteiger partial charge on any atom is 0.0273 e. The molecule has 0 heteroatoms. The van der Waals surface area contributed by atoms with Crippen molar-refractivity contribution in [2.24, 2.45) is 0 Å². The van der Waals surface area contributed by atoms with Crippen molar-refractivity contribution in [2.75, 3.05) is 0 Å². The highest BCUT2D eigenvalue weighted by atomic mass is 14.1. The fraction of sp³-hybridized carbons (Fsp3) is 0.231. The van der Waals surface area contributed by atoms with Crippen LogP contribution in [-0.2, 0) is 0 Å². The average Bonchev–Trinajstić information content (AvgIpc) is 2.94. The van der Waals surface area contributed by atoms with Gasteiger partial charge in [0.25, 0.3) is 0 Å². The van der Waals surface area contributed by atoms with Crippen LogP contribution in [0.4, 0.5) is 0 Å². The standard InChI is InChI=1S/C39H36/c1-28(2)37-19-13-31(14-20-37)7-10-34-25-35(11-8-32-15-21-38(22-16-32)29(3)4)27-36(26-34)12-9-33-17-23-39(24-18-33)30(5)6/h13-30H,1-6H3. The summed E-state index contributed by atoms with van der Waals surface area (Å²) < 4.78 is 0. The van der Waals surface area contributed by atoms with Gasteiger partial charge in [-0.3, -0.25) is 0 Å². The Hall–Kier alpha value is -4.44. The molecule has 0 saturated heterocycles. The Morgan fingerprint density at radius 2 is 0.513 bits per heavy atom. The van der Waals surface area contributed by atoms with E-state index in [2.05, 4.69) is 150 Å². The molecule has 39 heavy (non-hydrogen) atoms. The van der Waals surface area contributed by atoms with Gasteiger partial charge >= 0.3 is 0 Å². The lowest BCUT2D eigenvalue weighted by molar-refractivity contribution is 0.866. The Morgan fingerprint density at radius 3 is 0.718 bits per heavy atom. The topological polar surface area (TPSA) is 0 Å². The highest BCUT2D eigenvalue weighted by molar-refractivity contribution is 5.55. The molecule has 0 aromatic heterocycles. The van der Waals surface area contributed by atoms with Crippen LogP contribution in [0.15, 0.2) is 91.0 Å². The summed E-state index contributed by atoms with van der Waals surface area (Å²) in [4.78, 5) is 0. The molecule has 0 nitrogen and oxygen atoms in total. The summed E-state index contributed by atoms with van der Waals surface area (Å²) in [6, 6.07) is 31.6. The van der Waals surface area contributed by atoms with Gasteiger partial charge in [-0.1, -0.05) is 113 Å². The summed E-state index contributed by atoms with van der Waals surface area (Å²) >= 11 is 0. The SMILES string of the molecule is CC(C)c1ccc(C#Cc2cc(C#Cc3ccc(C(C)C)cc3)cc(C#Cc3ccc(C(C)C)cc3)c2)cc1. The molecule has 0 aliphatic carbocycles. The van der Waals surface area contributed by atoms with Gasteiger partial charge in [-0.15, -0.1) is 0 Å². The molecule has 0 aliphatic rings. The Balaban J connectivity index is 1.67. The summed E-state index contributed by atoms with van der Waals surface area (Å²) in [5, 5.41) is 0. The number of hydrogen-bond donors (Lipinski definition) is 0. The van der Waals surface area contributed by atoms with Crippen LogP contribution in [0.2, 0.25) is 0 Å². The van der Waals surface area contributed by atoms with Crippen LogP contribution in [0.25, 0.3) is 0 Å². The van der Waals surface area contributed by atoms with Gasteiger partial charge in [0.2, 0.25) is 0 Å². The van der Waals surface area contributed by atoms with Crippen molar-refractivity contribution in [1.29, 1.82) is 0 Å². The minimum absolute atomic E-state index is 0.506. The van der Waals surface area contributed by atoms with Crippen molar-refractivity contribution < 1.29 is 0 Å². The van der Waals surface area contributed by atoms with E-state index in [1.54, 1.807) is 0 Å². The molecule has 0 heterocycles. The quantitative estimate of drug-likeness (QED) is 0.244. The molecule has 0 bridgehead atoms. The third-order valence-electron chi connectivity index (χ3n) is 6.72. The molecule has 0 aliphatic heterocycles. The first-order chi connectivity index (χ1) is 18.8. The second-order valence-corrected chi connectivity index (χ2v) is 10.9. The van der Waals surface area contributed by atoms with E-state index in [9.17, 15) is 0 Å². The third kappa shape index (κ3) is 8.02. The second-order valence-electron chi connectivity index (χ2n) is 10.9. The summed E-state index contributed by atoms with van der Waals surface area (Å²) in [5.74, 6) is 21.5. The van der Waals surface area contributed by atoms with Crippen LogP contribution >= 0.6 is 0 Å². The number of benzene rings is 4. The first kappa shape index (κ1) is 27.6. The van der Waals surface area contributed by atoms with E-state index in [-0.39, 0.29) is 0 Å². The Bertz CT molecular complexity index is 1380. The lowest BCUT2D eigenvalue weighted by Gasteiger charge is -2.04. The predicted octanol–water partition coefficient (Wildman–Crippen LogP) is 9.26. The largest absolute Gasteiger partial charge is 0.0617 e.